The summed E-state index contributed by atoms with van der Waals surface area (Å²) >= 11 is 0. The van der Waals surface area contributed by atoms with Crippen molar-refractivity contribution in [3.8, 4) is 0 Å². The molecule has 4 heteroatoms. The number of hydrogen-bond donors (Lipinski definition) is 0. The van der Waals surface area contributed by atoms with E-state index in [4.69, 9.17) is 0 Å². The van der Waals surface area contributed by atoms with Crippen LogP contribution in [0.15, 0.2) is 0 Å². The standard InChI is InChI=1S/C8H13NO2.Y/c1-4-9(8(3)11)7(2)5-6-10;/h6-7H,1-2,4-5H2,3H3;/q-2;. The topological polar surface area (TPSA) is 37.4 Å². The number of carbonyl (C=O) groups is 2. The second kappa shape index (κ2) is 7.87. The Bertz CT molecular complexity index is 150. The van der Waals surface area contributed by atoms with Crippen molar-refractivity contribution >= 4 is 12.2 Å². The molecular formula is C8H13NO2Y-2. The molecule has 0 aromatic carbocycles. The molecule has 0 aliphatic rings. The fraction of sp³-hybridized carbons (Fsp3) is 0.500. The van der Waals surface area contributed by atoms with Gasteiger partial charge in [-0.25, -0.2) is 0 Å². The Labute approximate surface area is 98.8 Å². The van der Waals surface area contributed by atoms with Gasteiger partial charge in [0.05, 0.1) is 0 Å². The smallest absolute Gasteiger partial charge is 0.214 e. The van der Waals surface area contributed by atoms with Crippen LogP contribution in [0, 0.1) is 13.8 Å². The molecule has 1 radical (unpaired) electrons. The summed E-state index contributed by atoms with van der Waals surface area (Å²) in [7, 11) is 0. The molecule has 1 unspecified atom stereocenters. The third-order valence-corrected chi connectivity index (χ3v) is 1.45. The van der Waals surface area contributed by atoms with Crippen LogP contribution in [0.2, 0.25) is 0 Å². The number of rotatable bonds is 4. The Morgan fingerprint density at radius 2 is 2.17 bits per heavy atom. The van der Waals surface area contributed by atoms with Crippen LogP contribution >= 0.6 is 0 Å². The van der Waals surface area contributed by atoms with Gasteiger partial charge < -0.3 is 23.5 Å². The summed E-state index contributed by atoms with van der Waals surface area (Å²) < 4.78 is 0. The van der Waals surface area contributed by atoms with Crippen LogP contribution in [0.4, 0.5) is 0 Å². The van der Waals surface area contributed by atoms with Crippen LogP contribution in [0.3, 0.4) is 0 Å². The Balaban J connectivity index is 0. The molecule has 0 aromatic rings. The van der Waals surface area contributed by atoms with Gasteiger partial charge in [0.25, 0.3) is 0 Å². The zero-order valence-corrected chi connectivity index (χ0v) is 10.2. The van der Waals surface area contributed by atoms with Gasteiger partial charge in [-0.05, 0) is 6.42 Å². The van der Waals surface area contributed by atoms with E-state index in [9.17, 15) is 9.59 Å². The molecule has 3 nitrogen and oxygen atoms in total. The predicted molar refractivity (Wildman–Crippen MR) is 42.6 cm³/mol. The number of carbonyl (C=O) groups excluding carboxylic acids is 2. The maximum Gasteiger partial charge on any atom is 0.214 e. The Morgan fingerprint density at radius 3 is 2.42 bits per heavy atom. The third kappa shape index (κ3) is 4.99. The van der Waals surface area contributed by atoms with Crippen LogP contribution in [-0.2, 0) is 42.3 Å². The van der Waals surface area contributed by atoms with Crippen LogP contribution < -0.4 is 0 Å². The average molecular weight is 244 g/mol. The first-order valence-electron chi connectivity index (χ1n) is 3.46. The van der Waals surface area contributed by atoms with Crippen molar-refractivity contribution in [2.24, 2.45) is 0 Å². The number of amides is 1. The minimum absolute atomic E-state index is 0. The molecule has 67 valence electrons. The minimum atomic E-state index is -0.275. The van der Waals surface area contributed by atoms with Crippen molar-refractivity contribution in [3.63, 3.8) is 0 Å². The minimum Gasteiger partial charge on any atom is -0.400 e. The Morgan fingerprint density at radius 1 is 1.67 bits per heavy atom. The zero-order chi connectivity index (χ0) is 8.85. The predicted octanol–water partition coefficient (Wildman–Crippen LogP) is 0.458. The zero-order valence-electron chi connectivity index (χ0n) is 7.32. The first-order chi connectivity index (χ1) is 5.13. The molecule has 0 saturated carbocycles. The summed E-state index contributed by atoms with van der Waals surface area (Å²) in [5.41, 5.74) is 0. The van der Waals surface area contributed by atoms with Crippen LogP contribution in [0.1, 0.15) is 13.3 Å². The van der Waals surface area contributed by atoms with Gasteiger partial charge in [0, 0.05) is 39.6 Å². The number of aldehydes is 1. The molecule has 0 spiro atoms. The summed E-state index contributed by atoms with van der Waals surface area (Å²) in [5.74, 6) is -0.0955. The van der Waals surface area contributed by atoms with Crippen molar-refractivity contribution in [1.29, 1.82) is 0 Å². The second-order valence-corrected chi connectivity index (χ2v) is 2.27. The van der Waals surface area contributed by atoms with E-state index in [1.54, 1.807) is 0 Å². The van der Waals surface area contributed by atoms with Crippen LogP contribution in [-0.4, -0.2) is 29.7 Å². The van der Waals surface area contributed by atoms with Gasteiger partial charge in [-0.2, -0.15) is 0 Å². The van der Waals surface area contributed by atoms with E-state index < -0.39 is 0 Å². The largest absolute Gasteiger partial charge is 0.400 e. The van der Waals surface area contributed by atoms with Gasteiger partial charge in [-0.15, -0.1) is 6.54 Å². The monoisotopic (exact) mass is 244 g/mol. The van der Waals surface area contributed by atoms with Crippen molar-refractivity contribution in [2.75, 3.05) is 6.54 Å². The molecule has 0 fully saturated rings. The van der Waals surface area contributed by atoms with Crippen LogP contribution in [0.5, 0.6) is 0 Å². The molecule has 12 heavy (non-hydrogen) atoms. The normalized spacial score (nSPS) is 11.2. The van der Waals surface area contributed by atoms with E-state index in [0.717, 1.165) is 6.29 Å². The van der Waals surface area contributed by atoms with Crippen molar-refractivity contribution < 1.29 is 42.3 Å². The van der Waals surface area contributed by atoms with Crippen molar-refractivity contribution in [3.05, 3.63) is 13.8 Å². The van der Waals surface area contributed by atoms with E-state index in [1.807, 2.05) is 0 Å². The summed E-state index contributed by atoms with van der Waals surface area (Å²) in [6.45, 7) is 9.01. The van der Waals surface area contributed by atoms with Gasteiger partial charge in [-0.3, -0.25) is 4.79 Å². The van der Waals surface area contributed by atoms with Crippen molar-refractivity contribution in [1.82, 2.24) is 4.90 Å². The Hall–Kier alpha value is 0.244. The summed E-state index contributed by atoms with van der Waals surface area (Å²) in [6, 6.07) is -0.275. The molecule has 0 rings (SSSR count). The molecular weight excluding hydrogens is 231 g/mol. The molecule has 0 aliphatic heterocycles. The molecule has 0 aromatic heterocycles. The molecule has 0 N–H and O–H groups in total. The van der Waals surface area contributed by atoms with Crippen LogP contribution in [0.25, 0.3) is 0 Å². The fourth-order valence-electron chi connectivity index (χ4n) is 0.835. The summed E-state index contributed by atoms with van der Waals surface area (Å²) in [6.07, 6.45) is 1.03. The van der Waals surface area contributed by atoms with Crippen molar-refractivity contribution in [2.45, 2.75) is 19.4 Å². The third-order valence-electron chi connectivity index (χ3n) is 1.45. The molecule has 1 amide bonds. The van der Waals surface area contributed by atoms with E-state index in [-0.39, 0.29) is 51.1 Å². The quantitative estimate of drug-likeness (QED) is 0.532. The fourth-order valence-corrected chi connectivity index (χ4v) is 0.835. The number of hydrogen-bond acceptors (Lipinski definition) is 2. The molecule has 1 atom stereocenters. The second-order valence-electron chi connectivity index (χ2n) is 2.27. The molecule has 0 saturated heterocycles. The molecule has 0 heterocycles. The van der Waals surface area contributed by atoms with E-state index in [2.05, 4.69) is 13.8 Å². The van der Waals surface area contributed by atoms with Gasteiger partial charge in [0.15, 0.2) is 0 Å². The maximum atomic E-state index is 10.8. The molecule has 0 bridgehead atoms. The number of nitrogens with zero attached hydrogens (tertiary/aromatic N) is 1. The SMILES string of the molecule is [CH2-]CN(C(C)=O)C([CH2-])CC=O.[Y]. The first-order valence-corrected chi connectivity index (χ1v) is 3.46. The summed E-state index contributed by atoms with van der Waals surface area (Å²) in [5, 5.41) is 0. The van der Waals surface area contributed by atoms with E-state index in [0.29, 0.717) is 6.54 Å². The average Bonchev–Trinajstić information content (AvgIpc) is 1.88. The Kier molecular flexibility index (Phi) is 9.67. The maximum absolute atomic E-state index is 10.8. The van der Waals surface area contributed by atoms with Gasteiger partial charge in [0.2, 0.25) is 5.91 Å². The van der Waals surface area contributed by atoms with E-state index >= 15 is 0 Å². The van der Waals surface area contributed by atoms with Gasteiger partial charge >= 0.3 is 0 Å². The van der Waals surface area contributed by atoms with Gasteiger partial charge in [-0.1, -0.05) is 6.04 Å². The molecule has 0 aliphatic carbocycles. The van der Waals surface area contributed by atoms with E-state index in [1.165, 1.54) is 11.8 Å². The van der Waals surface area contributed by atoms with Gasteiger partial charge in [0.1, 0.15) is 6.29 Å². The first kappa shape index (κ1) is 14.8. The summed E-state index contributed by atoms with van der Waals surface area (Å²) in [4.78, 5) is 22.3.